The van der Waals surface area contributed by atoms with Crippen molar-refractivity contribution in [2.75, 3.05) is 13.6 Å². The maximum absolute atomic E-state index is 14.9. The molecule has 0 saturated heterocycles. The molecular weight excluding hydrogens is 555 g/mol. The van der Waals surface area contributed by atoms with E-state index in [0.29, 0.717) is 4.47 Å². The van der Waals surface area contributed by atoms with Gasteiger partial charge in [-0.05, 0) is 45.0 Å². The fourth-order valence-corrected chi connectivity index (χ4v) is 6.49. The Morgan fingerprint density at radius 2 is 1.76 bits per heavy atom. The molecule has 2 rings (SSSR count). The van der Waals surface area contributed by atoms with Gasteiger partial charge in [-0.25, -0.2) is 25.5 Å². The number of rotatable bonds is 9. The highest BCUT2D eigenvalue weighted by Crippen LogP contribution is 2.33. The molecule has 34 heavy (non-hydrogen) atoms. The summed E-state index contributed by atoms with van der Waals surface area (Å²) in [5, 5.41) is 20.7. The minimum atomic E-state index is -4.66. The van der Waals surface area contributed by atoms with Gasteiger partial charge in [-0.15, -0.1) is 0 Å². The molecule has 0 aliphatic carbocycles. The molecule has 0 saturated carbocycles. The van der Waals surface area contributed by atoms with Gasteiger partial charge < -0.3 is 0 Å². The van der Waals surface area contributed by atoms with Crippen LogP contribution < -0.4 is 4.72 Å². The Balaban J connectivity index is 2.70. The van der Waals surface area contributed by atoms with Gasteiger partial charge in [-0.3, -0.25) is 10.1 Å². The summed E-state index contributed by atoms with van der Waals surface area (Å²) in [5.74, 6) is -0.846. The van der Waals surface area contributed by atoms with Crippen LogP contribution in [0.25, 0.3) is 0 Å². The lowest BCUT2D eigenvalue weighted by atomic mass is 9.92. The number of nitrogens with one attached hydrogen (secondary N) is 1. The van der Waals surface area contributed by atoms with E-state index in [1.165, 1.54) is 45.0 Å². The van der Waals surface area contributed by atoms with Crippen LogP contribution in [-0.4, -0.2) is 44.4 Å². The zero-order valence-electron chi connectivity index (χ0n) is 18.6. The van der Waals surface area contributed by atoms with E-state index < -0.39 is 58.2 Å². The number of likely N-dealkylation sites (N-methyl/N-ethyl adjacent to an activating group) is 1. The Labute approximate surface area is 205 Å². The summed E-state index contributed by atoms with van der Waals surface area (Å²) in [6.45, 7) is 2.96. The molecule has 0 fully saturated rings. The lowest BCUT2D eigenvalue weighted by Gasteiger charge is -2.36. The zero-order valence-corrected chi connectivity index (χ0v) is 21.8. The monoisotopic (exact) mass is 576 g/mol. The highest BCUT2D eigenvalue weighted by molar-refractivity contribution is 9.10. The Bertz CT molecular complexity index is 1380. The summed E-state index contributed by atoms with van der Waals surface area (Å²) in [4.78, 5) is 9.83. The molecule has 1 atom stereocenters. The van der Waals surface area contributed by atoms with E-state index >= 15 is 0 Å². The summed E-state index contributed by atoms with van der Waals surface area (Å²) in [6.07, 6.45) is 0. The molecule has 0 radical (unpaired) electrons. The van der Waals surface area contributed by atoms with Crippen LogP contribution in [0.2, 0.25) is 0 Å². The minimum Gasteiger partial charge on any atom is -0.258 e. The van der Waals surface area contributed by atoms with Gasteiger partial charge in [0.25, 0.3) is 5.69 Å². The SMILES string of the molecule is CN(C[C@](C)(NS(=O)(=O)c1ccccc1[N+](=O)[O-])c1cc(Br)ccc1F)S(=O)(=O)C(C)(C)C#N. The molecule has 0 aliphatic heterocycles. The second-order valence-corrected chi connectivity index (χ2v) is 13.3. The van der Waals surface area contributed by atoms with Gasteiger partial charge in [0.05, 0.1) is 16.5 Å². The van der Waals surface area contributed by atoms with Gasteiger partial charge in [-0.1, -0.05) is 28.1 Å². The topological polar surface area (TPSA) is 150 Å². The van der Waals surface area contributed by atoms with Crippen molar-refractivity contribution < 1.29 is 26.1 Å². The standard InChI is InChI=1S/C20H22BrFN4O6S2/c1-19(2,12-23)34(31,32)25(4)13-20(3,15-11-14(21)9-10-16(15)22)24-33(29,30)18-8-6-5-7-17(18)26(27)28/h5-11,24H,13H2,1-4H3/t20-/m0/s1. The summed E-state index contributed by atoms with van der Waals surface area (Å²) >= 11 is 3.18. The first-order chi connectivity index (χ1) is 15.5. The molecule has 14 heteroatoms. The first-order valence-corrected chi connectivity index (χ1v) is 13.3. The van der Waals surface area contributed by atoms with Crippen molar-refractivity contribution in [2.45, 2.75) is 36.0 Å². The Morgan fingerprint density at radius 1 is 1.18 bits per heavy atom. The molecule has 0 amide bonds. The van der Waals surface area contributed by atoms with Crippen molar-refractivity contribution in [3.8, 4) is 6.07 Å². The average Bonchev–Trinajstić information content (AvgIpc) is 2.74. The fourth-order valence-electron chi connectivity index (χ4n) is 3.26. The Hall–Kier alpha value is -2.44. The van der Waals surface area contributed by atoms with Crippen molar-refractivity contribution in [1.29, 1.82) is 5.26 Å². The number of hydrogen-bond acceptors (Lipinski definition) is 7. The second kappa shape index (κ2) is 9.67. The molecule has 0 unspecified atom stereocenters. The van der Waals surface area contributed by atoms with E-state index in [1.807, 2.05) is 0 Å². The molecule has 1 N–H and O–H groups in total. The maximum Gasteiger partial charge on any atom is 0.289 e. The van der Waals surface area contributed by atoms with Crippen LogP contribution >= 0.6 is 15.9 Å². The normalized spacial score (nSPS) is 14.4. The number of sulfonamides is 2. The van der Waals surface area contributed by atoms with Gasteiger partial charge in [-0.2, -0.15) is 9.98 Å². The number of nitro benzene ring substituents is 1. The quantitative estimate of drug-likeness (QED) is 0.355. The van der Waals surface area contributed by atoms with Crippen LogP contribution in [0.3, 0.4) is 0 Å². The molecule has 2 aromatic rings. The van der Waals surface area contributed by atoms with E-state index in [-0.39, 0.29) is 5.56 Å². The maximum atomic E-state index is 14.9. The van der Waals surface area contributed by atoms with E-state index in [9.17, 15) is 36.6 Å². The van der Waals surface area contributed by atoms with Crippen LogP contribution in [0.5, 0.6) is 0 Å². The predicted octanol–water partition coefficient (Wildman–Crippen LogP) is 3.25. The molecule has 0 aromatic heterocycles. The third-order valence-electron chi connectivity index (χ3n) is 5.10. The lowest BCUT2D eigenvalue weighted by Crippen LogP contribution is -2.54. The van der Waals surface area contributed by atoms with Crippen LogP contribution in [0.15, 0.2) is 51.8 Å². The van der Waals surface area contributed by atoms with E-state index in [0.717, 1.165) is 29.6 Å². The van der Waals surface area contributed by atoms with Crippen LogP contribution in [0, 0.1) is 27.3 Å². The minimum absolute atomic E-state index is 0.221. The van der Waals surface area contributed by atoms with Crippen molar-refractivity contribution in [3.63, 3.8) is 0 Å². The number of hydrogen-bond donors (Lipinski definition) is 1. The predicted molar refractivity (Wildman–Crippen MR) is 126 cm³/mol. The highest BCUT2D eigenvalue weighted by atomic mass is 79.9. The summed E-state index contributed by atoms with van der Waals surface area (Å²) in [6, 6.07) is 9.96. The van der Waals surface area contributed by atoms with Gasteiger partial charge in [0.1, 0.15) is 5.82 Å². The van der Waals surface area contributed by atoms with Crippen LogP contribution in [-0.2, 0) is 25.6 Å². The Morgan fingerprint density at radius 3 is 2.32 bits per heavy atom. The second-order valence-electron chi connectivity index (χ2n) is 8.17. The van der Waals surface area contributed by atoms with E-state index in [2.05, 4.69) is 20.7 Å². The first kappa shape index (κ1) is 27.8. The van der Waals surface area contributed by atoms with Crippen molar-refractivity contribution in [3.05, 3.63) is 68.4 Å². The largest absolute Gasteiger partial charge is 0.289 e. The van der Waals surface area contributed by atoms with Crippen molar-refractivity contribution >= 4 is 41.7 Å². The highest BCUT2D eigenvalue weighted by Gasteiger charge is 2.44. The zero-order chi connectivity index (χ0) is 26.1. The number of halogens is 2. The Kier molecular flexibility index (Phi) is 7.90. The molecule has 10 nitrogen and oxygen atoms in total. The molecular formula is C20H22BrFN4O6S2. The fraction of sp³-hybridized carbons (Fsp3) is 0.350. The van der Waals surface area contributed by atoms with Crippen LogP contribution in [0.4, 0.5) is 10.1 Å². The van der Waals surface area contributed by atoms with Gasteiger partial charge in [0.15, 0.2) is 9.64 Å². The molecule has 0 heterocycles. The third-order valence-corrected chi connectivity index (χ3v) is 9.56. The lowest BCUT2D eigenvalue weighted by molar-refractivity contribution is -0.387. The average molecular weight is 577 g/mol. The summed E-state index contributed by atoms with van der Waals surface area (Å²) in [7, 11) is -7.84. The molecule has 0 bridgehead atoms. The van der Waals surface area contributed by atoms with Gasteiger partial charge in [0.2, 0.25) is 20.0 Å². The number of benzene rings is 2. The first-order valence-electron chi connectivity index (χ1n) is 9.58. The van der Waals surface area contributed by atoms with Crippen molar-refractivity contribution in [2.24, 2.45) is 0 Å². The third kappa shape index (κ3) is 5.44. The summed E-state index contributed by atoms with van der Waals surface area (Å²) in [5.41, 5.74) is -2.87. The number of nitriles is 1. The van der Waals surface area contributed by atoms with Gasteiger partial charge >= 0.3 is 0 Å². The van der Waals surface area contributed by atoms with Crippen molar-refractivity contribution in [1.82, 2.24) is 9.03 Å². The summed E-state index contributed by atoms with van der Waals surface area (Å²) < 4.78 is 68.9. The molecule has 0 aliphatic rings. The number of nitrogens with zero attached hydrogens (tertiary/aromatic N) is 3. The smallest absolute Gasteiger partial charge is 0.258 e. The van der Waals surface area contributed by atoms with E-state index in [1.54, 1.807) is 6.07 Å². The molecule has 184 valence electrons. The van der Waals surface area contributed by atoms with Gasteiger partial charge in [0, 0.05) is 29.7 Å². The number of nitro groups is 1. The van der Waals surface area contributed by atoms with E-state index in [4.69, 9.17) is 0 Å². The molecule has 0 spiro atoms. The molecule has 2 aromatic carbocycles. The number of para-hydroxylation sites is 1. The van der Waals surface area contributed by atoms with Crippen LogP contribution in [0.1, 0.15) is 26.3 Å².